The van der Waals surface area contributed by atoms with Crippen molar-refractivity contribution >= 4 is 11.9 Å². The second kappa shape index (κ2) is 8.79. The number of carbonyl (C=O) groups is 2. The summed E-state index contributed by atoms with van der Waals surface area (Å²) in [7, 11) is 0. The first kappa shape index (κ1) is 18.7. The topological polar surface area (TPSA) is 180 Å². The lowest BCUT2D eigenvalue weighted by atomic mass is 10.2. The Morgan fingerprint density at radius 2 is 1.80 bits per heavy atom. The third kappa shape index (κ3) is 6.23. The molecule has 5 atom stereocenters. The van der Waals surface area contributed by atoms with E-state index < -0.39 is 55.8 Å². The molecule has 0 saturated carbocycles. The highest BCUT2D eigenvalue weighted by Gasteiger charge is 2.32. The molecule has 0 aliphatic heterocycles. The third-order valence-corrected chi connectivity index (χ3v) is 2.20. The van der Waals surface area contributed by atoms with Crippen molar-refractivity contribution in [1.29, 1.82) is 0 Å². The average Bonchev–Trinajstić information content (AvgIpc) is 2.39. The summed E-state index contributed by atoms with van der Waals surface area (Å²) in [5.74, 6) is -2.55. The van der Waals surface area contributed by atoms with Crippen molar-refractivity contribution in [1.82, 2.24) is 0 Å². The lowest BCUT2D eigenvalue weighted by Crippen LogP contribution is -2.45. The van der Waals surface area contributed by atoms with Gasteiger partial charge in [-0.2, -0.15) is 0 Å². The lowest BCUT2D eigenvalue weighted by Gasteiger charge is -2.24. The maximum atomic E-state index is 11.5. The van der Waals surface area contributed by atoms with Crippen LogP contribution < -0.4 is 5.73 Å². The summed E-state index contributed by atoms with van der Waals surface area (Å²) in [5, 5.41) is 44.8. The van der Waals surface area contributed by atoms with E-state index in [1.54, 1.807) is 0 Å². The summed E-state index contributed by atoms with van der Waals surface area (Å²) in [6.07, 6.45) is -6.69. The number of hydrogen-bond acceptors (Lipinski definition) is 9. The van der Waals surface area contributed by atoms with Crippen molar-refractivity contribution in [2.24, 2.45) is 5.73 Å². The van der Waals surface area contributed by atoms with Crippen molar-refractivity contribution in [3.8, 4) is 0 Å². The first-order valence-corrected chi connectivity index (χ1v) is 5.66. The van der Waals surface area contributed by atoms with Crippen LogP contribution >= 0.6 is 0 Å². The standard InChI is InChI=1S/C10H19NO9/c1-4(13)7(20-9(17)6(14)2-12)10(18)19-3-5(11)8(15)16/h4-7,9,12-14,17H,2-3,11H2,1H3,(H,15,16)/t4-,5?,6+,7?,9?/m0/s1. The van der Waals surface area contributed by atoms with Gasteiger partial charge in [-0.3, -0.25) is 4.79 Å². The number of rotatable bonds is 9. The van der Waals surface area contributed by atoms with Gasteiger partial charge in [0.2, 0.25) is 0 Å². The van der Waals surface area contributed by atoms with Gasteiger partial charge < -0.3 is 40.7 Å². The molecule has 0 amide bonds. The van der Waals surface area contributed by atoms with E-state index >= 15 is 0 Å². The largest absolute Gasteiger partial charge is 0.480 e. The van der Waals surface area contributed by atoms with Crippen LogP contribution in [-0.4, -0.2) is 81.3 Å². The maximum absolute atomic E-state index is 11.5. The van der Waals surface area contributed by atoms with Gasteiger partial charge in [-0.05, 0) is 6.92 Å². The second-order valence-electron chi connectivity index (χ2n) is 4.01. The molecule has 10 heteroatoms. The molecule has 0 aromatic rings. The van der Waals surface area contributed by atoms with Gasteiger partial charge in [0.05, 0.1) is 12.7 Å². The molecule has 0 fully saturated rings. The smallest absolute Gasteiger partial charge is 0.338 e. The minimum absolute atomic E-state index is 0.653. The first-order chi connectivity index (χ1) is 9.20. The number of nitrogens with two attached hydrogens (primary N) is 1. The molecule has 118 valence electrons. The van der Waals surface area contributed by atoms with E-state index in [4.69, 9.17) is 21.1 Å². The quantitative estimate of drug-likeness (QED) is 0.184. The Bertz CT molecular complexity index is 322. The SMILES string of the molecule is C[C@H](O)C(OC(O)[C@H](O)CO)C(=O)OCC(N)C(=O)O. The Kier molecular flexibility index (Phi) is 8.22. The van der Waals surface area contributed by atoms with E-state index in [0.717, 1.165) is 6.92 Å². The molecule has 0 aromatic carbocycles. The number of carbonyl (C=O) groups excluding carboxylic acids is 1. The molecular formula is C10H19NO9. The first-order valence-electron chi connectivity index (χ1n) is 5.66. The van der Waals surface area contributed by atoms with Gasteiger partial charge in [0, 0.05) is 0 Å². The molecule has 3 unspecified atom stereocenters. The maximum Gasteiger partial charge on any atom is 0.338 e. The van der Waals surface area contributed by atoms with Crippen LogP contribution in [-0.2, 0) is 19.1 Å². The van der Waals surface area contributed by atoms with Crippen LogP contribution in [0.4, 0.5) is 0 Å². The molecule has 7 N–H and O–H groups in total. The van der Waals surface area contributed by atoms with Gasteiger partial charge in [0.1, 0.15) is 18.8 Å². The molecule has 0 rings (SSSR count). The van der Waals surface area contributed by atoms with Crippen LogP contribution in [0.2, 0.25) is 0 Å². The van der Waals surface area contributed by atoms with Crippen LogP contribution in [0.15, 0.2) is 0 Å². The Balaban J connectivity index is 4.52. The minimum Gasteiger partial charge on any atom is -0.480 e. The minimum atomic E-state index is -1.93. The number of carboxylic acids is 1. The monoisotopic (exact) mass is 297 g/mol. The number of carboxylic acid groups (broad SMARTS) is 1. The van der Waals surface area contributed by atoms with Crippen LogP contribution in [0, 0.1) is 0 Å². The van der Waals surface area contributed by atoms with Gasteiger partial charge >= 0.3 is 11.9 Å². The molecule has 0 aromatic heterocycles. The van der Waals surface area contributed by atoms with Crippen molar-refractivity contribution < 1.29 is 44.6 Å². The second-order valence-corrected chi connectivity index (χ2v) is 4.01. The molecule has 0 spiro atoms. The molecule has 0 heterocycles. The summed E-state index contributed by atoms with van der Waals surface area (Å²) in [6.45, 7) is -0.326. The van der Waals surface area contributed by atoms with Crippen LogP contribution in [0.1, 0.15) is 6.92 Å². The van der Waals surface area contributed by atoms with E-state index in [9.17, 15) is 19.8 Å². The Hall–Kier alpha value is -1.30. The van der Waals surface area contributed by atoms with E-state index in [-0.39, 0.29) is 0 Å². The Morgan fingerprint density at radius 3 is 2.20 bits per heavy atom. The van der Waals surface area contributed by atoms with Crippen molar-refractivity contribution in [3.63, 3.8) is 0 Å². The number of aliphatic carboxylic acids is 1. The summed E-state index contributed by atoms with van der Waals surface area (Å²) >= 11 is 0. The van der Waals surface area contributed by atoms with Gasteiger partial charge in [-0.1, -0.05) is 0 Å². The summed E-state index contributed by atoms with van der Waals surface area (Å²) in [6, 6.07) is -1.44. The number of aliphatic hydroxyl groups is 4. The fourth-order valence-electron chi connectivity index (χ4n) is 1.02. The lowest BCUT2D eigenvalue weighted by molar-refractivity contribution is -0.221. The number of ether oxygens (including phenoxy) is 2. The zero-order valence-corrected chi connectivity index (χ0v) is 10.7. The molecule has 0 radical (unpaired) electrons. The van der Waals surface area contributed by atoms with E-state index in [1.807, 2.05) is 0 Å². The Morgan fingerprint density at radius 1 is 1.25 bits per heavy atom. The summed E-state index contributed by atoms with van der Waals surface area (Å²) in [5.41, 5.74) is 5.11. The highest BCUT2D eigenvalue weighted by Crippen LogP contribution is 2.08. The average molecular weight is 297 g/mol. The van der Waals surface area contributed by atoms with Gasteiger partial charge in [0.25, 0.3) is 0 Å². The fourth-order valence-corrected chi connectivity index (χ4v) is 1.02. The highest BCUT2D eigenvalue weighted by atomic mass is 16.7. The van der Waals surface area contributed by atoms with Crippen molar-refractivity contribution in [2.75, 3.05) is 13.2 Å². The predicted molar refractivity (Wildman–Crippen MR) is 62.2 cm³/mol. The molecule has 0 aliphatic rings. The molecular weight excluding hydrogens is 278 g/mol. The van der Waals surface area contributed by atoms with E-state index in [1.165, 1.54) is 0 Å². The van der Waals surface area contributed by atoms with Gasteiger partial charge in [-0.15, -0.1) is 0 Å². The number of hydrogen-bond donors (Lipinski definition) is 6. The van der Waals surface area contributed by atoms with Gasteiger partial charge in [0.15, 0.2) is 12.4 Å². The molecule has 0 saturated heterocycles. The van der Waals surface area contributed by atoms with Crippen LogP contribution in [0.25, 0.3) is 0 Å². The highest BCUT2D eigenvalue weighted by molar-refractivity contribution is 5.77. The van der Waals surface area contributed by atoms with E-state index in [2.05, 4.69) is 9.47 Å². The third-order valence-electron chi connectivity index (χ3n) is 2.20. The number of aliphatic hydroxyl groups excluding tert-OH is 4. The summed E-state index contributed by atoms with van der Waals surface area (Å²) < 4.78 is 9.17. The fraction of sp³-hybridized carbons (Fsp3) is 0.800. The number of esters is 1. The van der Waals surface area contributed by atoms with Crippen LogP contribution in [0.3, 0.4) is 0 Å². The van der Waals surface area contributed by atoms with Crippen molar-refractivity contribution in [2.45, 2.75) is 37.6 Å². The normalized spacial score (nSPS) is 18.7. The van der Waals surface area contributed by atoms with E-state index in [0.29, 0.717) is 0 Å². The molecule has 0 aliphatic carbocycles. The Labute approximate surface area is 114 Å². The zero-order chi connectivity index (χ0) is 15.9. The zero-order valence-electron chi connectivity index (χ0n) is 10.7. The van der Waals surface area contributed by atoms with Crippen LogP contribution in [0.5, 0.6) is 0 Å². The van der Waals surface area contributed by atoms with Gasteiger partial charge in [-0.25, -0.2) is 4.79 Å². The summed E-state index contributed by atoms with van der Waals surface area (Å²) in [4.78, 5) is 22.0. The molecule has 10 nitrogen and oxygen atoms in total. The van der Waals surface area contributed by atoms with Crippen molar-refractivity contribution in [3.05, 3.63) is 0 Å². The molecule has 0 bridgehead atoms. The predicted octanol–water partition coefficient (Wildman–Crippen LogP) is -3.62. The molecule has 20 heavy (non-hydrogen) atoms.